The van der Waals surface area contributed by atoms with E-state index >= 15 is 0 Å². The highest BCUT2D eigenvalue weighted by atomic mass is 16.5. The van der Waals surface area contributed by atoms with Crippen molar-refractivity contribution in [3.8, 4) is 28.1 Å². The number of amides is 2. The Morgan fingerprint density at radius 3 is 2.34 bits per heavy atom. The fraction of sp³-hybridized carbons (Fsp3) is 0.463. The SMILES string of the molecule is CCCC(=O)N(CC(C)C)[C@@H](C)c1nc2c(ccc3cc4c(cc32)OCc2cc(-c3cnc([C@H](C)N(C(=O)CCC)[C@@H](C)CC)[nH]3)ccc2-4)[nH]1. The highest BCUT2D eigenvalue weighted by Gasteiger charge is 2.28. The normalized spacial score (nSPS) is 14.3. The molecule has 1 aliphatic heterocycles. The molecule has 3 aromatic carbocycles. The number of imidazole rings is 2. The van der Waals surface area contributed by atoms with E-state index in [0.717, 1.165) is 86.4 Å². The number of rotatable bonds is 13. The van der Waals surface area contributed by atoms with Crippen LogP contribution in [-0.2, 0) is 16.2 Å². The lowest BCUT2D eigenvalue weighted by atomic mass is 9.92. The summed E-state index contributed by atoms with van der Waals surface area (Å²) in [6.45, 7) is 17.8. The lowest BCUT2D eigenvalue weighted by Crippen LogP contribution is -2.40. The van der Waals surface area contributed by atoms with Gasteiger partial charge in [-0.2, -0.15) is 0 Å². The summed E-state index contributed by atoms with van der Waals surface area (Å²) >= 11 is 0. The molecule has 0 aliphatic carbocycles. The second-order valence-electron chi connectivity index (χ2n) is 14.3. The van der Waals surface area contributed by atoms with Crippen molar-refractivity contribution in [1.82, 2.24) is 29.7 Å². The van der Waals surface area contributed by atoms with Gasteiger partial charge in [0.2, 0.25) is 11.8 Å². The van der Waals surface area contributed by atoms with Crippen LogP contribution in [0.5, 0.6) is 5.75 Å². The number of aromatic amines is 2. The van der Waals surface area contributed by atoms with Crippen molar-refractivity contribution in [2.45, 2.75) is 112 Å². The highest BCUT2D eigenvalue weighted by Crippen LogP contribution is 2.43. The first-order chi connectivity index (χ1) is 24.0. The van der Waals surface area contributed by atoms with Crippen LogP contribution < -0.4 is 4.74 Å². The van der Waals surface area contributed by atoms with Gasteiger partial charge in [-0.15, -0.1) is 0 Å². The standard InChI is InChI=1S/C41H52N6O3/c1-9-12-37(48)46(22-24(4)5)26(7)41-43-34-17-15-28-19-33-31-16-14-29(18-30(31)23-50-36(33)20-32(28)39(34)45-41)35-21-42-40(44-35)27(8)47(25(6)11-3)38(49)13-10-2/h14-21,24-27H,9-13,22-23H2,1-8H3,(H,42,44)(H,43,45)/t25-,26-,27-/m0/s1. The summed E-state index contributed by atoms with van der Waals surface area (Å²) in [7, 11) is 0. The molecular formula is C41H52N6O3. The van der Waals surface area contributed by atoms with Gasteiger partial charge in [-0.1, -0.05) is 52.8 Å². The van der Waals surface area contributed by atoms with Crippen LogP contribution in [0.4, 0.5) is 0 Å². The maximum absolute atomic E-state index is 13.1. The predicted molar refractivity (Wildman–Crippen MR) is 201 cm³/mol. The van der Waals surface area contributed by atoms with Gasteiger partial charge in [-0.05, 0) is 92.3 Å². The molecule has 2 aromatic heterocycles. The van der Waals surface area contributed by atoms with E-state index in [4.69, 9.17) is 14.7 Å². The van der Waals surface area contributed by atoms with Crippen LogP contribution in [0.1, 0.15) is 117 Å². The Morgan fingerprint density at radius 2 is 1.62 bits per heavy atom. The summed E-state index contributed by atoms with van der Waals surface area (Å²) in [6, 6.07) is 14.8. The number of H-pyrrole nitrogens is 2. The lowest BCUT2D eigenvalue weighted by molar-refractivity contribution is -0.136. The third-order valence-corrected chi connectivity index (χ3v) is 10.1. The first-order valence-corrected chi connectivity index (χ1v) is 18.4. The van der Waals surface area contributed by atoms with Gasteiger partial charge in [0.25, 0.3) is 0 Å². The zero-order valence-corrected chi connectivity index (χ0v) is 30.9. The van der Waals surface area contributed by atoms with Crippen LogP contribution in [0, 0.1) is 5.92 Å². The minimum Gasteiger partial charge on any atom is -0.488 e. The van der Waals surface area contributed by atoms with Gasteiger partial charge in [-0.3, -0.25) is 9.59 Å². The monoisotopic (exact) mass is 676 g/mol. The van der Waals surface area contributed by atoms with Crippen LogP contribution in [0.3, 0.4) is 0 Å². The molecule has 3 atom stereocenters. The number of hydrogen-bond acceptors (Lipinski definition) is 5. The Labute approximate surface area is 295 Å². The molecule has 6 rings (SSSR count). The Morgan fingerprint density at radius 1 is 0.860 bits per heavy atom. The second-order valence-corrected chi connectivity index (χ2v) is 14.3. The molecule has 9 heteroatoms. The van der Waals surface area contributed by atoms with E-state index < -0.39 is 0 Å². The van der Waals surface area contributed by atoms with E-state index in [2.05, 4.69) is 94.0 Å². The van der Waals surface area contributed by atoms with Crippen molar-refractivity contribution in [2.24, 2.45) is 5.92 Å². The number of benzene rings is 3. The smallest absolute Gasteiger partial charge is 0.223 e. The van der Waals surface area contributed by atoms with Crippen LogP contribution >= 0.6 is 0 Å². The van der Waals surface area contributed by atoms with Crippen LogP contribution in [-0.4, -0.2) is 54.1 Å². The molecule has 50 heavy (non-hydrogen) atoms. The summed E-state index contributed by atoms with van der Waals surface area (Å²) < 4.78 is 6.39. The van der Waals surface area contributed by atoms with Gasteiger partial charge in [0.15, 0.2) is 0 Å². The number of fused-ring (bicyclic) bond motifs is 6. The van der Waals surface area contributed by atoms with Gasteiger partial charge < -0.3 is 24.5 Å². The fourth-order valence-corrected chi connectivity index (χ4v) is 7.26. The molecule has 5 aromatic rings. The van der Waals surface area contributed by atoms with E-state index in [1.54, 1.807) is 0 Å². The van der Waals surface area contributed by atoms with E-state index in [-0.39, 0.29) is 29.9 Å². The van der Waals surface area contributed by atoms with Crippen molar-refractivity contribution in [3.05, 3.63) is 65.9 Å². The zero-order valence-electron chi connectivity index (χ0n) is 30.9. The third kappa shape index (κ3) is 6.74. The number of aromatic nitrogens is 4. The van der Waals surface area contributed by atoms with E-state index in [1.807, 2.05) is 29.8 Å². The molecule has 264 valence electrons. The first kappa shape index (κ1) is 35.2. The number of hydrogen-bond donors (Lipinski definition) is 2. The Balaban J connectivity index is 1.29. The Kier molecular flexibility index (Phi) is 10.3. The maximum Gasteiger partial charge on any atom is 0.223 e. The molecule has 1 aliphatic rings. The highest BCUT2D eigenvalue weighted by molar-refractivity contribution is 6.07. The summed E-state index contributed by atoms with van der Waals surface area (Å²) in [4.78, 5) is 46.8. The average molecular weight is 677 g/mol. The molecule has 3 heterocycles. The molecule has 0 bridgehead atoms. The van der Waals surface area contributed by atoms with Crippen molar-refractivity contribution in [2.75, 3.05) is 6.54 Å². The number of ether oxygens (including phenoxy) is 1. The largest absolute Gasteiger partial charge is 0.488 e. The van der Waals surface area contributed by atoms with E-state index in [0.29, 0.717) is 31.9 Å². The first-order valence-electron chi connectivity index (χ1n) is 18.4. The topological polar surface area (TPSA) is 107 Å². The van der Waals surface area contributed by atoms with Gasteiger partial charge >= 0.3 is 0 Å². The van der Waals surface area contributed by atoms with Crippen LogP contribution in [0.25, 0.3) is 44.2 Å². The maximum atomic E-state index is 13.1. The zero-order chi connectivity index (χ0) is 35.7. The van der Waals surface area contributed by atoms with E-state index in [9.17, 15) is 9.59 Å². The van der Waals surface area contributed by atoms with Gasteiger partial charge in [-0.25, -0.2) is 9.97 Å². The minimum atomic E-state index is -0.162. The summed E-state index contributed by atoms with van der Waals surface area (Å²) in [5, 5.41) is 2.11. The quantitative estimate of drug-likeness (QED) is 0.129. The molecule has 0 saturated heterocycles. The number of nitrogens with zero attached hydrogens (tertiary/aromatic N) is 4. The second kappa shape index (κ2) is 14.7. The Hall–Kier alpha value is -4.66. The van der Waals surface area contributed by atoms with Crippen molar-refractivity contribution in [3.63, 3.8) is 0 Å². The van der Waals surface area contributed by atoms with Crippen molar-refractivity contribution in [1.29, 1.82) is 0 Å². The van der Waals surface area contributed by atoms with Gasteiger partial charge in [0, 0.05) is 36.4 Å². The summed E-state index contributed by atoms with van der Waals surface area (Å²) in [5.74, 6) is 3.11. The summed E-state index contributed by atoms with van der Waals surface area (Å²) in [5.41, 5.74) is 7.09. The lowest BCUT2D eigenvalue weighted by Gasteiger charge is -2.33. The molecule has 0 saturated carbocycles. The molecule has 2 amide bonds. The molecular weight excluding hydrogens is 624 g/mol. The third-order valence-electron chi connectivity index (χ3n) is 10.1. The van der Waals surface area contributed by atoms with Crippen LogP contribution in [0.2, 0.25) is 0 Å². The summed E-state index contributed by atoms with van der Waals surface area (Å²) in [6.07, 6.45) is 5.47. The fourth-order valence-electron chi connectivity index (χ4n) is 7.26. The molecule has 0 unspecified atom stereocenters. The number of carbonyl (C=O) groups is 2. The van der Waals surface area contributed by atoms with Gasteiger partial charge in [0.05, 0.1) is 35.0 Å². The number of carbonyl (C=O) groups excluding carboxylic acids is 2. The number of nitrogens with one attached hydrogen (secondary N) is 2. The molecule has 0 radical (unpaired) electrons. The average Bonchev–Trinajstić information content (AvgIpc) is 3.78. The van der Waals surface area contributed by atoms with Gasteiger partial charge in [0.1, 0.15) is 24.0 Å². The van der Waals surface area contributed by atoms with Crippen molar-refractivity contribution < 1.29 is 14.3 Å². The van der Waals surface area contributed by atoms with Crippen molar-refractivity contribution >= 4 is 33.6 Å². The predicted octanol–water partition coefficient (Wildman–Crippen LogP) is 9.50. The molecule has 9 nitrogen and oxygen atoms in total. The van der Waals surface area contributed by atoms with E-state index in [1.165, 1.54) is 0 Å². The minimum absolute atomic E-state index is 0.130. The molecule has 0 spiro atoms. The molecule has 2 N–H and O–H groups in total. The molecule has 0 fully saturated rings. The Bertz CT molecular complexity index is 2010. The van der Waals surface area contributed by atoms with Crippen LogP contribution in [0.15, 0.2) is 48.7 Å².